The summed E-state index contributed by atoms with van der Waals surface area (Å²) in [5, 5.41) is 9.37. The van der Waals surface area contributed by atoms with E-state index in [-0.39, 0.29) is 11.7 Å². The first-order valence-electron chi connectivity index (χ1n) is 9.73. The lowest BCUT2D eigenvalue weighted by molar-refractivity contribution is 0.0695. The van der Waals surface area contributed by atoms with E-state index >= 15 is 0 Å². The first kappa shape index (κ1) is 19.1. The van der Waals surface area contributed by atoms with E-state index in [1.807, 2.05) is 18.2 Å². The van der Waals surface area contributed by atoms with E-state index in [0.717, 1.165) is 40.8 Å². The highest BCUT2D eigenvalue weighted by Gasteiger charge is 2.23. The van der Waals surface area contributed by atoms with Crippen molar-refractivity contribution in [2.75, 3.05) is 6.61 Å². The lowest BCUT2D eigenvalue weighted by Gasteiger charge is -2.27. The smallest absolute Gasteiger partial charge is 0.336 e. The summed E-state index contributed by atoms with van der Waals surface area (Å²) in [6.45, 7) is 2.39. The zero-order chi connectivity index (χ0) is 20.4. The van der Waals surface area contributed by atoms with E-state index in [1.165, 1.54) is 12.3 Å². The van der Waals surface area contributed by atoms with Gasteiger partial charge in [0.2, 0.25) is 0 Å². The van der Waals surface area contributed by atoms with E-state index in [4.69, 9.17) is 4.74 Å². The van der Waals surface area contributed by atoms with Gasteiger partial charge in [-0.3, -0.25) is 4.98 Å². The van der Waals surface area contributed by atoms with Gasteiger partial charge in [0.1, 0.15) is 11.6 Å². The minimum atomic E-state index is -0.926. The molecule has 1 aliphatic heterocycles. The molecular weight excluding hydrogens is 369 g/mol. The molecule has 2 aromatic carbocycles. The van der Waals surface area contributed by atoms with Gasteiger partial charge in [0.05, 0.1) is 12.2 Å². The lowest BCUT2D eigenvalue weighted by atomic mass is 9.86. The van der Waals surface area contributed by atoms with Crippen LogP contribution in [0, 0.1) is 12.7 Å². The highest BCUT2D eigenvalue weighted by Crippen LogP contribution is 2.39. The molecule has 0 amide bonds. The van der Waals surface area contributed by atoms with Gasteiger partial charge in [-0.25, -0.2) is 9.18 Å². The molecule has 0 aliphatic carbocycles. The molecule has 2 heterocycles. The maximum Gasteiger partial charge on any atom is 0.336 e. The number of ether oxygens (including phenoxy) is 1. The Balaban J connectivity index is 1.58. The number of carboxylic acid groups (broad SMARTS) is 1. The van der Waals surface area contributed by atoms with Crippen molar-refractivity contribution in [3.63, 3.8) is 0 Å². The molecule has 0 saturated carbocycles. The van der Waals surface area contributed by atoms with Gasteiger partial charge in [-0.2, -0.15) is 0 Å². The van der Waals surface area contributed by atoms with Gasteiger partial charge in [-0.1, -0.05) is 24.3 Å². The quantitative estimate of drug-likeness (QED) is 0.633. The summed E-state index contributed by atoms with van der Waals surface area (Å²) >= 11 is 0. The predicted molar refractivity (Wildman–Crippen MR) is 109 cm³/mol. The summed E-state index contributed by atoms with van der Waals surface area (Å²) in [6.07, 6.45) is 5.49. The molecule has 5 heteroatoms. The number of hydrogen-bond acceptors (Lipinski definition) is 3. The largest absolute Gasteiger partial charge is 0.493 e. The topological polar surface area (TPSA) is 59.4 Å². The molecule has 3 aromatic rings. The van der Waals surface area contributed by atoms with Crippen molar-refractivity contribution in [3.05, 3.63) is 82.9 Å². The SMILES string of the molecule is Cc1c(F)cccc1-c1ccc2c(c1)OCC[C@@H]2CCc1cnccc1C(=O)O. The first-order valence-corrected chi connectivity index (χ1v) is 9.73. The monoisotopic (exact) mass is 391 g/mol. The van der Waals surface area contributed by atoms with Crippen LogP contribution in [0.1, 0.15) is 45.8 Å². The second-order valence-corrected chi connectivity index (χ2v) is 7.38. The van der Waals surface area contributed by atoms with Crippen LogP contribution in [-0.4, -0.2) is 22.7 Å². The number of pyridine rings is 1. The number of nitrogens with zero attached hydrogens (tertiary/aromatic N) is 1. The molecule has 0 radical (unpaired) electrons. The molecule has 148 valence electrons. The highest BCUT2D eigenvalue weighted by molar-refractivity contribution is 5.89. The number of aromatic nitrogens is 1. The molecule has 0 bridgehead atoms. The van der Waals surface area contributed by atoms with Gasteiger partial charge >= 0.3 is 5.97 Å². The van der Waals surface area contributed by atoms with Crippen LogP contribution < -0.4 is 4.74 Å². The fraction of sp³-hybridized carbons (Fsp3) is 0.250. The average molecular weight is 391 g/mol. The van der Waals surface area contributed by atoms with Crippen LogP contribution in [0.15, 0.2) is 54.9 Å². The molecule has 4 rings (SSSR count). The second-order valence-electron chi connectivity index (χ2n) is 7.38. The van der Waals surface area contributed by atoms with Gasteiger partial charge in [0, 0.05) is 12.4 Å². The summed E-state index contributed by atoms with van der Waals surface area (Å²) in [5.41, 5.74) is 4.60. The molecule has 29 heavy (non-hydrogen) atoms. The van der Waals surface area contributed by atoms with Gasteiger partial charge in [-0.05, 0) is 78.1 Å². The Kier molecular flexibility index (Phi) is 5.30. The third-order valence-corrected chi connectivity index (χ3v) is 5.65. The number of rotatable bonds is 5. The fourth-order valence-corrected chi connectivity index (χ4v) is 4.02. The van der Waals surface area contributed by atoms with E-state index in [0.29, 0.717) is 24.2 Å². The zero-order valence-corrected chi connectivity index (χ0v) is 16.2. The minimum Gasteiger partial charge on any atom is -0.493 e. The van der Waals surface area contributed by atoms with E-state index in [2.05, 4.69) is 11.1 Å². The highest BCUT2D eigenvalue weighted by atomic mass is 19.1. The number of hydrogen-bond donors (Lipinski definition) is 1. The lowest BCUT2D eigenvalue weighted by Crippen LogP contribution is -2.15. The third-order valence-electron chi connectivity index (χ3n) is 5.65. The Morgan fingerprint density at radius 3 is 2.97 bits per heavy atom. The summed E-state index contributed by atoms with van der Waals surface area (Å²) in [5.74, 6) is -0.0371. The van der Waals surface area contributed by atoms with Crippen molar-refractivity contribution in [2.45, 2.75) is 32.1 Å². The fourth-order valence-electron chi connectivity index (χ4n) is 4.02. The van der Waals surface area contributed by atoms with Crippen LogP contribution in [-0.2, 0) is 6.42 Å². The Morgan fingerprint density at radius 2 is 2.14 bits per heavy atom. The average Bonchev–Trinajstić information content (AvgIpc) is 2.74. The number of benzene rings is 2. The summed E-state index contributed by atoms with van der Waals surface area (Å²) in [7, 11) is 0. The van der Waals surface area contributed by atoms with Gasteiger partial charge in [-0.15, -0.1) is 0 Å². The maximum absolute atomic E-state index is 13.9. The Bertz CT molecular complexity index is 1060. The van der Waals surface area contributed by atoms with E-state index < -0.39 is 5.97 Å². The van der Waals surface area contributed by atoms with Crippen LogP contribution in [0.5, 0.6) is 5.75 Å². The predicted octanol–water partition coefficient (Wildman–Crippen LogP) is 5.39. The van der Waals surface area contributed by atoms with Crippen molar-refractivity contribution in [2.24, 2.45) is 0 Å². The second kappa shape index (κ2) is 8.03. The molecule has 0 unspecified atom stereocenters. The summed E-state index contributed by atoms with van der Waals surface area (Å²) in [6, 6.07) is 12.7. The molecule has 1 aliphatic rings. The number of fused-ring (bicyclic) bond motifs is 1. The molecule has 0 fully saturated rings. The standard InChI is InChI=1S/C24H22FNO3/c1-15-19(3-2-4-22(15)25)17-7-8-20-16(10-12-29-23(20)13-17)5-6-18-14-26-11-9-21(18)24(27)28/h2-4,7-9,11,13-14,16H,5-6,10,12H2,1H3,(H,27,28)/t16-/m0/s1. The van der Waals surface area contributed by atoms with Gasteiger partial charge in [0.15, 0.2) is 0 Å². The van der Waals surface area contributed by atoms with Crippen molar-refractivity contribution >= 4 is 5.97 Å². The normalized spacial score (nSPS) is 15.4. The molecule has 1 aromatic heterocycles. The van der Waals surface area contributed by atoms with E-state index in [9.17, 15) is 14.3 Å². The number of aryl methyl sites for hydroxylation is 1. The van der Waals surface area contributed by atoms with Crippen LogP contribution in [0.4, 0.5) is 4.39 Å². The maximum atomic E-state index is 13.9. The number of aromatic carboxylic acids is 1. The molecule has 1 N–H and O–H groups in total. The van der Waals surface area contributed by atoms with Crippen molar-refractivity contribution in [1.29, 1.82) is 0 Å². The summed E-state index contributed by atoms with van der Waals surface area (Å²) in [4.78, 5) is 15.5. The van der Waals surface area contributed by atoms with Crippen LogP contribution in [0.2, 0.25) is 0 Å². The molecule has 0 saturated heterocycles. The van der Waals surface area contributed by atoms with Crippen molar-refractivity contribution in [1.82, 2.24) is 4.98 Å². The van der Waals surface area contributed by atoms with Crippen LogP contribution >= 0.6 is 0 Å². The van der Waals surface area contributed by atoms with Crippen LogP contribution in [0.3, 0.4) is 0 Å². The molecule has 0 spiro atoms. The molecular formula is C24H22FNO3. The number of carbonyl (C=O) groups is 1. The van der Waals surface area contributed by atoms with Gasteiger partial charge < -0.3 is 9.84 Å². The Labute approximate surface area is 169 Å². The first-order chi connectivity index (χ1) is 14.0. The Hall–Kier alpha value is -3.21. The van der Waals surface area contributed by atoms with E-state index in [1.54, 1.807) is 25.3 Å². The summed E-state index contributed by atoms with van der Waals surface area (Å²) < 4.78 is 19.8. The van der Waals surface area contributed by atoms with Crippen molar-refractivity contribution in [3.8, 4) is 16.9 Å². The van der Waals surface area contributed by atoms with Crippen LogP contribution in [0.25, 0.3) is 11.1 Å². The zero-order valence-electron chi connectivity index (χ0n) is 16.2. The number of carboxylic acids is 1. The van der Waals surface area contributed by atoms with Crippen molar-refractivity contribution < 1.29 is 19.0 Å². The Morgan fingerprint density at radius 1 is 1.28 bits per heavy atom. The minimum absolute atomic E-state index is 0.218. The molecule has 4 nitrogen and oxygen atoms in total. The number of halogens is 1. The third kappa shape index (κ3) is 3.86. The molecule has 1 atom stereocenters. The van der Waals surface area contributed by atoms with Gasteiger partial charge in [0.25, 0.3) is 0 Å².